The second kappa shape index (κ2) is 5.92. The van der Waals surface area contributed by atoms with Gasteiger partial charge in [-0.1, -0.05) is 54.9 Å². The topological polar surface area (TPSA) is 24.1 Å². The highest BCUT2D eigenvalue weighted by molar-refractivity contribution is 5.04. The molecular weight excluding hydrogens is 220 g/mol. The standard InChI is InChI=1S/C16H34N2/c1-12(2)17-11-16(18-13(3)4)10-8-9-15(6,7)14(16)5/h12-14,17-18H,8-11H2,1-7H3. The van der Waals surface area contributed by atoms with Gasteiger partial charge >= 0.3 is 0 Å². The van der Waals surface area contributed by atoms with Gasteiger partial charge in [-0.05, 0) is 24.2 Å². The van der Waals surface area contributed by atoms with Crippen LogP contribution in [0.5, 0.6) is 0 Å². The minimum absolute atomic E-state index is 0.264. The molecule has 0 aromatic rings. The third-order valence-electron chi connectivity index (χ3n) is 4.85. The van der Waals surface area contributed by atoms with E-state index in [0.717, 1.165) is 6.54 Å². The average Bonchev–Trinajstić information content (AvgIpc) is 2.22. The fraction of sp³-hybridized carbons (Fsp3) is 1.00. The van der Waals surface area contributed by atoms with Crippen molar-refractivity contribution in [3.63, 3.8) is 0 Å². The first-order valence-electron chi connectivity index (χ1n) is 7.71. The van der Waals surface area contributed by atoms with Gasteiger partial charge in [-0.15, -0.1) is 0 Å². The minimum atomic E-state index is 0.264. The van der Waals surface area contributed by atoms with Crippen LogP contribution in [-0.4, -0.2) is 24.2 Å². The molecule has 0 aromatic heterocycles. The molecule has 0 aromatic carbocycles. The minimum Gasteiger partial charge on any atom is -0.313 e. The first kappa shape index (κ1) is 16.0. The second-order valence-electron chi connectivity index (χ2n) is 7.55. The summed E-state index contributed by atoms with van der Waals surface area (Å²) >= 11 is 0. The summed E-state index contributed by atoms with van der Waals surface area (Å²) in [6, 6.07) is 1.11. The maximum Gasteiger partial charge on any atom is 0.0339 e. The summed E-state index contributed by atoms with van der Waals surface area (Å²) in [6.07, 6.45) is 4.00. The van der Waals surface area contributed by atoms with E-state index in [1.54, 1.807) is 0 Å². The molecule has 1 aliphatic carbocycles. The lowest BCUT2D eigenvalue weighted by Crippen LogP contribution is -2.64. The third kappa shape index (κ3) is 3.71. The lowest BCUT2D eigenvalue weighted by Gasteiger charge is -2.53. The summed E-state index contributed by atoms with van der Waals surface area (Å²) in [5, 5.41) is 7.56. The van der Waals surface area contributed by atoms with Gasteiger partial charge in [0.2, 0.25) is 0 Å². The van der Waals surface area contributed by atoms with Gasteiger partial charge in [0.1, 0.15) is 0 Å². The van der Waals surface area contributed by atoms with Gasteiger partial charge in [0, 0.05) is 24.2 Å². The Labute approximate surface area is 114 Å². The fourth-order valence-electron chi connectivity index (χ4n) is 3.49. The Kier molecular flexibility index (Phi) is 5.25. The normalized spacial score (nSPS) is 32.2. The van der Waals surface area contributed by atoms with Crippen LogP contribution in [0.1, 0.15) is 67.7 Å². The van der Waals surface area contributed by atoms with E-state index in [2.05, 4.69) is 59.1 Å². The van der Waals surface area contributed by atoms with E-state index in [1.807, 2.05) is 0 Å². The molecule has 0 bridgehead atoms. The van der Waals surface area contributed by atoms with Crippen molar-refractivity contribution in [2.75, 3.05) is 6.54 Å². The molecule has 0 amide bonds. The molecule has 1 fully saturated rings. The number of hydrogen-bond donors (Lipinski definition) is 2. The molecule has 2 heteroatoms. The molecule has 2 unspecified atom stereocenters. The Bertz CT molecular complexity index is 258. The Morgan fingerprint density at radius 3 is 2.17 bits per heavy atom. The van der Waals surface area contributed by atoms with Crippen LogP contribution in [0.2, 0.25) is 0 Å². The van der Waals surface area contributed by atoms with Gasteiger partial charge in [-0.25, -0.2) is 0 Å². The zero-order valence-electron chi connectivity index (χ0n) is 13.6. The Hall–Kier alpha value is -0.0800. The van der Waals surface area contributed by atoms with Crippen molar-refractivity contribution >= 4 is 0 Å². The van der Waals surface area contributed by atoms with Crippen LogP contribution in [-0.2, 0) is 0 Å². The van der Waals surface area contributed by atoms with Crippen LogP contribution >= 0.6 is 0 Å². The Morgan fingerprint density at radius 2 is 1.67 bits per heavy atom. The lowest BCUT2D eigenvalue weighted by molar-refractivity contribution is 0.0311. The van der Waals surface area contributed by atoms with Crippen molar-refractivity contribution in [1.29, 1.82) is 0 Å². The summed E-state index contributed by atoms with van der Waals surface area (Å²) in [4.78, 5) is 0. The molecule has 1 rings (SSSR count). The summed E-state index contributed by atoms with van der Waals surface area (Å²) in [5.41, 5.74) is 0.707. The summed E-state index contributed by atoms with van der Waals surface area (Å²) in [7, 11) is 0. The maximum atomic E-state index is 3.89. The zero-order chi connectivity index (χ0) is 14.0. The predicted octanol–water partition coefficient (Wildman–Crippen LogP) is 3.57. The van der Waals surface area contributed by atoms with Gasteiger partial charge in [-0.3, -0.25) is 0 Å². The largest absolute Gasteiger partial charge is 0.313 e. The second-order valence-corrected chi connectivity index (χ2v) is 7.55. The highest BCUT2D eigenvalue weighted by Gasteiger charge is 2.46. The van der Waals surface area contributed by atoms with Crippen molar-refractivity contribution in [2.45, 2.75) is 85.4 Å². The van der Waals surface area contributed by atoms with Crippen LogP contribution in [0.15, 0.2) is 0 Å². The van der Waals surface area contributed by atoms with Gasteiger partial charge in [0.15, 0.2) is 0 Å². The first-order chi connectivity index (χ1) is 8.19. The van der Waals surface area contributed by atoms with Crippen LogP contribution in [0.4, 0.5) is 0 Å². The molecule has 2 nitrogen and oxygen atoms in total. The molecule has 0 heterocycles. The fourth-order valence-corrected chi connectivity index (χ4v) is 3.49. The van der Waals surface area contributed by atoms with E-state index in [9.17, 15) is 0 Å². The third-order valence-corrected chi connectivity index (χ3v) is 4.85. The summed E-state index contributed by atoms with van der Waals surface area (Å²) < 4.78 is 0. The molecule has 0 aliphatic heterocycles. The van der Waals surface area contributed by atoms with Crippen LogP contribution < -0.4 is 10.6 Å². The van der Waals surface area contributed by atoms with E-state index in [4.69, 9.17) is 0 Å². The van der Waals surface area contributed by atoms with E-state index < -0.39 is 0 Å². The first-order valence-corrected chi connectivity index (χ1v) is 7.71. The van der Waals surface area contributed by atoms with Gasteiger partial charge in [-0.2, -0.15) is 0 Å². The molecule has 0 spiro atoms. The SMILES string of the molecule is CC(C)NCC1(NC(C)C)CCCC(C)(C)C1C. The summed E-state index contributed by atoms with van der Waals surface area (Å²) in [5.74, 6) is 0.701. The van der Waals surface area contributed by atoms with Crippen molar-refractivity contribution in [3.05, 3.63) is 0 Å². The molecule has 18 heavy (non-hydrogen) atoms. The number of hydrogen-bond acceptors (Lipinski definition) is 2. The van der Waals surface area contributed by atoms with E-state index in [1.165, 1.54) is 19.3 Å². The molecule has 2 atom stereocenters. The molecule has 108 valence electrons. The molecule has 1 saturated carbocycles. The average molecular weight is 254 g/mol. The number of rotatable bonds is 5. The van der Waals surface area contributed by atoms with Gasteiger partial charge in [0.25, 0.3) is 0 Å². The molecular formula is C16H34N2. The van der Waals surface area contributed by atoms with E-state index in [-0.39, 0.29) is 5.54 Å². The summed E-state index contributed by atoms with van der Waals surface area (Å²) in [6.45, 7) is 17.4. The highest BCUT2D eigenvalue weighted by atomic mass is 15.1. The van der Waals surface area contributed by atoms with Gasteiger partial charge in [0.05, 0.1) is 0 Å². The van der Waals surface area contributed by atoms with E-state index in [0.29, 0.717) is 23.4 Å². The van der Waals surface area contributed by atoms with Crippen molar-refractivity contribution < 1.29 is 0 Å². The van der Waals surface area contributed by atoms with Gasteiger partial charge < -0.3 is 10.6 Å². The maximum absolute atomic E-state index is 3.89. The van der Waals surface area contributed by atoms with Crippen molar-refractivity contribution in [2.24, 2.45) is 11.3 Å². The Morgan fingerprint density at radius 1 is 1.06 bits per heavy atom. The predicted molar refractivity (Wildman–Crippen MR) is 80.9 cm³/mol. The molecule has 1 aliphatic rings. The lowest BCUT2D eigenvalue weighted by atomic mass is 9.60. The molecule has 0 radical (unpaired) electrons. The molecule has 2 N–H and O–H groups in total. The van der Waals surface area contributed by atoms with Crippen LogP contribution in [0.25, 0.3) is 0 Å². The van der Waals surface area contributed by atoms with E-state index >= 15 is 0 Å². The number of nitrogens with one attached hydrogen (secondary N) is 2. The van der Waals surface area contributed by atoms with Crippen LogP contribution in [0, 0.1) is 11.3 Å². The zero-order valence-corrected chi connectivity index (χ0v) is 13.6. The monoisotopic (exact) mass is 254 g/mol. The van der Waals surface area contributed by atoms with Crippen molar-refractivity contribution in [1.82, 2.24) is 10.6 Å². The Balaban J connectivity index is 2.87. The van der Waals surface area contributed by atoms with Crippen molar-refractivity contribution in [3.8, 4) is 0 Å². The molecule has 0 saturated heterocycles. The smallest absolute Gasteiger partial charge is 0.0339 e. The highest BCUT2D eigenvalue weighted by Crippen LogP contribution is 2.46. The van der Waals surface area contributed by atoms with Crippen LogP contribution in [0.3, 0.4) is 0 Å². The quantitative estimate of drug-likeness (QED) is 0.784.